The van der Waals surface area contributed by atoms with Gasteiger partial charge in [-0.15, -0.1) is 0 Å². The number of hydrogen-bond donors (Lipinski definition) is 0. The molecule has 0 N–H and O–H groups in total. The quantitative estimate of drug-likeness (QED) is 0.297. The number of carbonyl (C=O) groups is 1. The van der Waals surface area contributed by atoms with Crippen LogP contribution in [0.25, 0.3) is 0 Å². The maximum absolute atomic E-state index is 15.9. The monoisotopic (exact) mass is 503 g/mol. The Balaban J connectivity index is 1.27. The van der Waals surface area contributed by atoms with Crippen LogP contribution < -0.4 is 0 Å². The van der Waals surface area contributed by atoms with Crippen molar-refractivity contribution >= 4 is 5.91 Å². The maximum Gasteiger partial charge on any atom is 0.253 e. The Labute approximate surface area is 224 Å². The lowest BCUT2D eigenvalue weighted by atomic mass is 9.52. The van der Waals surface area contributed by atoms with Crippen LogP contribution in [0.4, 0.5) is 4.39 Å². The molecule has 0 heterocycles. The fraction of sp³-hybridized carbons (Fsp3) is 0.618. The summed E-state index contributed by atoms with van der Waals surface area (Å²) in [6.45, 7) is 6.25. The van der Waals surface area contributed by atoms with Crippen molar-refractivity contribution in [1.82, 2.24) is 4.90 Å². The molecule has 1 amide bonds. The van der Waals surface area contributed by atoms with E-state index in [1.54, 1.807) is 0 Å². The molecule has 0 aromatic heterocycles. The van der Waals surface area contributed by atoms with E-state index in [1.165, 1.54) is 30.4 Å². The van der Waals surface area contributed by atoms with Gasteiger partial charge in [-0.2, -0.15) is 0 Å². The Kier molecular flexibility index (Phi) is 8.37. The van der Waals surface area contributed by atoms with Gasteiger partial charge >= 0.3 is 0 Å². The van der Waals surface area contributed by atoms with Crippen molar-refractivity contribution in [2.24, 2.45) is 23.2 Å². The summed E-state index contributed by atoms with van der Waals surface area (Å²) < 4.78 is 15.9. The number of alkyl halides is 1. The van der Waals surface area contributed by atoms with Crippen LogP contribution in [-0.2, 0) is 6.42 Å². The largest absolute Gasteiger partial charge is 0.339 e. The molecular formula is C34H46FNO. The zero-order valence-corrected chi connectivity index (χ0v) is 23.0. The second kappa shape index (κ2) is 11.7. The van der Waals surface area contributed by atoms with Gasteiger partial charge in [0.1, 0.15) is 6.17 Å². The lowest BCUT2D eigenvalue weighted by Crippen LogP contribution is -2.48. The fourth-order valence-corrected chi connectivity index (χ4v) is 8.36. The van der Waals surface area contributed by atoms with Crippen molar-refractivity contribution in [3.63, 3.8) is 0 Å². The molecule has 6 atom stereocenters. The van der Waals surface area contributed by atoms with Crippen LogP contribution in [0.1, 0.15) is 105 Å². The zero-order chi connectivity index (χ0) is 25.8. The van der Waals surface area contributed by atoms with Crippen LogP contribution in [0.2, 0.25) is 0 Å². The van der Waals surface area contributed by atoms with Gasteiger partial charge in [0.2, 0.25) is 0 Å². The van der Waals surface area contributed by atoms with Gasteiger partial charge in [0.15, 0.2) is 0 Å². The summed E-state index contributed by atoms with van der Waals surface area (Å²) in [6, 6.07) is 18.5. The van der Waals surface area contributed by atoms with E-state index < -0.39 is 6.17 Å². The molecule has 37 heavy (non-hydrogen) atoms. The Morgan fingerprint density at radius 1 is 1.00 bits per heavy atom. The highest BCUT2D eigenvalue weighted by atomic mass is 19.1. The molecule has 5 rings (SSSR count). The highest BCUT2D eigenvalue weighted by Gasteiger charge is 2.56. The van der Waals surface area contributed by atoms with E-state index in [-0.39, 0.29) is 17.2 Å². The van der Waals surface area contributed by atoms with E-state index in [0.29, 0.717) is 17.8 Å². The predicted molar refractivity (Wildman–Crippen MR) is 151 cm³/mol. The Bertz CT molecular complexity index is 1040. The first-order valence-electron chi connectivity index (χ1n) is 15.1. The predicted octanol–water partition coefficient (Wildman–Crippen LogP) is 8.61. The molecule has 3 unspecified atom stereocenters. The van der Waals surface area contributed by atoms with Crippen molar-refractivity contribution in [1.29, 1.82) is 0 Å². The molecule has 0 spiro atoms. The molecule has 0 radical (unpaired) electrons. The number of carbonyl (C=O) groups excluding carboxylic acids is 1. The van der Waals surface area contributed by atoms with Gasteiger partial charge in [-0.05, 0) is 91.4 Å². The molecule has 3 heteroatoms. The summed E-state index contributed by atoms with van der Waals surface area (Å²) in [4.78, 5) is 15.3. The number of halogens is 1. The summed E-state index contributed by atoms with van der Waals surface area (Å²) in [5.74, 6) is 1.93. The number of fused-ring (bicyclic) bond motifs is 5. The summed E-state index contributed by atoms with van der Waals surface area (Å²) >= 11 is 0. The van der Waals surface area contributed by atoms with Gasteiger partial charge in [0.05, 0.1) is 0 Å². The SMILES string of the molecule is CCCCCN(CCCC[C@@H]1Cc2ccccc2C2C1C1CCC[C@@]1(C)C[C@@H]2F)C(=O)c1ccccc1. The van der Waals surface area contributed by atoms with Crippen LogP contribution >= 0.6 is 0 Å². The normalized spacial score (nSPS) is 30.3. The molecule has 0 aliphatic heterocycles. The summed E-state index contributed by atoms with van der Waals surface area (Å²) in [5, 5.41) is 0. The first-order valence-corrected chi connectivity index (χ1v) is 15.1. The van der Waals surface area contributed by atoms with Gasteiger partial charge < -0.3 is 4.90 Å². The van der Waals surface area contributed by atoms with E-state index in [0.717, 1.165) is 70.0 Å². The molecule has 2 saturated carbocycles. The molecule has 3 aliphatic carbocycles. The third kappa shape index (κ3) is 5.52. The van der Waals surface area contributed by atoms with Crippen molar-refractivity contribution in [2.45, 2.75) is 96.6 Å². The van der Waals surface area contributed by atoms with Gasteiger partial charge in [-0.25, -0.2) is 4.39 Å². The average molecular weight is 504 g/mol. The molecule has 2 aromatic rings. The molecule has 2 nitrogen and oxygen atoms in total. The van der Waals surface area contributed by atoms with E-state index in [9.17, 15) is 4.79 Å². The molecule has 3 aliphatic rings. The van der Waals surface area contributed by atoms with E-state index in [4.69, 9.17) is 0 Å². The van der Waals surface area contributed by atoms with Crippen molar-refractivity contribution in [3.05, 3.63) is 71.3 Å². The Morgan fingerprint density at radius 2 is 1.73 bits per heavy atom. The summed E-state index contributed by atoms with van der Waals surface area (Å²) in [6.07, 6.45) is 11.5. The average Bonchev–Trinajstić information content (AvgIpc) is 3.30. The van der Waals surface area contributed by atoms with Gasteiger partial charge in [-0.1, -0.05) is 82.0 Å². The number of amides is 1. The second-order valence-corrected chi connectivity index (χ2v) is 12.5. The first-order chi connectivity index (χ1) is 18.0. The molecular weight excluding hydrogens is 457 g/mol. The number of hydrogen-bond acceptors (Lipinski definition) is 1. The van der Waals surface area contributed by atoms with Crippen LogP contribution in [0, 0.1) is 23.2 Å². The lowest BCUT2D eigenvalue weighted by Gasteiger charge is -2.53. The van der Waals surface area contributed by atoms with Crippen molar-refractivity contribution in [2.75, 3.05) is 13.1 Å². The van der Waals surface area contributed by atoms with Crippen molar-refractivity contribution < 1.29 is 9.18 Å². The van der Waals surface area contributed by atoms with Crippen molar-refractivity contribution in [3.8, 4) is 0 Å². The molecule has 200 valence electrons. The van der Waals surface area contributed by atoms with Crippen LogP contribution in [-0.4, -0.2) is 30.1 Å². The minimum atomic E-state index is -0.717. The van der Waals surface area contributed by atoms with Crippen LogP contribution in [0.3, 0.4) is 0 Å². The summed E-state index contributed by atoms with van der Waals surface area (Å²) in [7, 11) is 0. The van der Waals surface area contributed by atoms with Crippen LogP contribution in [0.5, 0.6) is 0 Å². The number of unbranched alkanes of at least 4 members (excludes halogenated alkanes) is 3. The minimum absolute atomic E-state index is 0.0799. The molecule has 2 aromatic carbocycles. The topological polar surface area (TPSA) is 20.3 Å². The summed E-state index contributed by atoms with van der Waals surface area (Å²) in [5.41, 5.74) is 3.67. The Morgan fingerprint density at radius 3 is 2.51 bits per heavy atom. The second-order valence-electron chi connectivity index (χ2n) is 12.5. The van der Waals surface area contributed by atoms with Gasteiger partial charge in [0, 0.05) is 24.6 Å². The highest BCUT2D eigenvalue weighted by Crippen LogP contribution is 2.63. The third-order valence-corrected chi connectivity index (χ3v) is 10.1. The fourth-order valence-electron chi connectivity index (χ4n) is 8.36. The standard InChI is InChI=1S/C34H46FNO/c1-3-4-11-21-36(33(37)25-14-6-5-7-15-25)22-12-10-17-27-23-26-16-8-9-18-28(26)32-30(35)24-34(2)20-13-19-29(34)31(27)32/h5-9,14-16,18,27,29-32H,3-4,10-13,17,19-24H2,1-2H3/t27-,29?,30+,31?,32?,34+/m1/s1. The van der Waals surface area contributed by atoms with Gasteiger partial charge in [-0.3, -0.25) is 4.79 Å². The smallest absolute Gasteiger partial charge is 0.253 e. The lowest BCUT2D eigenvalue weighted by molar-refractivity contribution is -0.0261. The highest BCUT2D eigenvalue weighted by molar-refractivity contribution is 5.94. The molecule has 2 fully saturated rings. The van der Waals surface area contributed by atoms with Gasteiger partial charge in [0.25, 0.3) is 5.91 Å². The molecule has 0 bridgehead atoms. The van der Waals surface area contributed by atoms with Crippen LogP contribution in [0.15, 0.2) is 54.6 Å². The molecule has 0 saturated heterocycles. The first kappa shape index (κ1) is 26.4. The number of nitrogens with zero attached hydrogens (tertiary/aromatic N) is 1. The maximum atomic E-state index is 15.9. The minimum Gasteiger partial charge on any atom is -0.339 e. The zero-order valence-electron chi connectivity index (χ0n) is 23.0. The number of benzene rings is 2. The van der Waals surface area contributed by atoms with E-state index in [2.05, 4.69) is 43.0 Å². The van der Waals surface area contributed by atoms with E-state index >= 15 is 4.39 Å². The van der Waals surface area contributed by atoms with E-state index in [1.807, 2.05) is 30.3 Å². The number of rotatable bonds is 10. The Hall–Kier alpha value is -2.16. The third-order valence-electron chi connectivity index (χ3n) is 10.1.